The van der Waals surface area contributed by atoms with Crippen molar-refractivity contribution >= 4 is 29.0 Å². The highest BCUT2D eigenvalue weighted by atomic mass is 32.2. The number of amidine groups is 1. The molecule has 0 saturated heterocycles. The first-order valence-corrected chi connectivity index (χ1v) is 8.75. The molecular formula is C15H26N4O2S. The van der Waals surface area contributed by atoms with Gasteiger partial charge in [0.25, 0.3) is 0 Å². The van der Waals surface area contributed by atoms with Crippen LogP contribution in [0.25, 0.3) is 0 Å². The Morgan fingerprint density at radius 3 is 2.45 bits per heavy atom. The minimum absolute atomic E-state index is 0.232. The molecule has 22 heavy (non-hydrogen) atoms. The molecule has 0 fully saturated rings. The van der Waals surface area contributed by atoms with Gasteiger partial charge in [-0.3, -0.25) is 10.6 Å². The third-order valence-corrected chi connectivity index (χ3v) is 3.31. The van der Waals surface area contributed by atoms with Gasteiger partial charge in [0, 0.05) is 12.6 Å². The number of nitrogens with one attached hydrogen (secondary N) is 3. The van der Waals surface area contributed by atoms with Crippen molar-refractivity contribution < 1.29 is 9.59 Å². The van der Waals surface area contributed by atoms with E-state index < -0.39 is 6.03 Å². The smallest absolute Gasteiger partial charge is 0.338 e. The van der Waals surface area contributed by atoms with E-state index in [1.54, 1.807) is 13.2 Å². The lowest BCUT2D eigenvalue weighted by molar-refractivity contribution is 0.245. The molecule has 7 heteroatoms. The summed E-state index contributed by atoms with van der Waals surface area (Å²) in [4.78, 5) is 26.7. The molecule has 4 amide bonds. The number of rotatable bonds is 7. The van der Waals surface area contributed by atoms with Crippen LogP contribution in [0.3, 0.4) is 0 Å². The summed E-state index contributed by atoms with van der Waals surface area (Å²) in [5, 5.41) is 7.80. The van der Waals surface area contributed by atoms with Gasteiger partial charge in [0.2, 0.25) is 0 Å². The second kappa shape index (κ2) is 14.3. The van der Waals surface area contributed by atoms with Crippen LogP contribution in [0.5, 0.6) is 0 Å². The molecule has 0 aromatic heterocycles. The van der Waals surface area contributed by atoms with Gasteiger partial charge < -0.3 is 5.32 Å². The quantitative estimate of drug-likeness (QED) is 0.221. The molecule has 0 aromatic carbocycles. The fourth-order valence-electron chi connectivity index (χ4n) is 1.61. The van der Waals surface area contributed by atoms with Gasteiger partial charge in [-0.2, -0.15) is 4.99 Å². The van der Waals surface area contributed by atoms with E-state index in [0.717, 1.165) is 12.8 Å². The number of amides is 4. The van der Waals surface area contributed by atoms with Crippen LogP contribution in [0.15, 0.2) is 4.99 Å². The van der Waals surface area contributed by atoms with Crippen LogP contribution in [0.2, 0.25) is 0 Å². The summed E-state index contributed by atoms with van der Waals surface area (Å²) in [5.74, 6) is 2.53. The number of carbonyl (C=O) groups is 2. The van der Waals surface area contributed by atoms with Crippen LogP contribution >= 0.6 is 11.8 Å². The van der Waals surface area contributed by atoms with E-state index in [1.165, 1.54) is 37.4 Å². The Morgan fingerprint density at radius 1 is 1.14 bits per heavy atom. The molecule has 0 aliphatic carbocycles. The summed E-state index contributed by atoms with van der Waals surface area (Å²) in [6, 6.07) is 1.45. The predicted octanol–water partition coefficient (Wildman–Crippen LogP) is 3.06. The normalized spacial score (nSPS) is 10.4. The summed E-state index contributed by atoms with van der Waals surface area (Å²) in [6.45, 7) is 4.41. The molecule has 0 radical (unpaired) electrons. The van der Waals surface area contributed by atoms with Gasteiger partial charge in [-0.05, 0) is 19.6 Å². The van der Waals surface area contributed by atoms with Gasteiger partial charge in [0.15, 0.2) is 5.17 Å². The van der Waals surface area contributed by atoms with E-state index in [2.05, 4.69) is 39.8 Å². The average molecular weight is 326 g/mol. The van der Waals surface area contributed by atoms with Crippen LogP contribution in [0.4, 0.5) is 9.59 Å². The highest BCUT2D eigenvalue weighted by Gasteiger charge is 2.06. The molecule has 0 saturated carbocycles. The first kappa shape index (κ1) is 20.3. The zero-order valence-corrected chi connectivity index (χ0v) is 14.4. The molecule has 0 rings (SSSR count). The van der Waals surface area contributed by atoms with Crippen molar-refractivity contribution in [3.8, 4) is 12.0 Å². The molecule has 0 bridgehead atoms. The van der Waals surface area contributed by atoms with Crippen molar-refractivity contribution in [3.63, 3.8) is 0 Å². The van der Waals surface area contributed by atoms with Crippen LogP contribution in [-0.4, -0.2) is 30.0 Å². The van der Waals surface area contributed by atoms with Gasteiger partial charge >= 0.3 is 12.1 Å². The zero-order valence-electron chi connectivity index (χ0n) is 13.6. The maximum absolute atomic E-state index is 11.7. The lowest BCUT2D eigenvalue weighted by atomic mass is 10.1. The lowest BCUT2D eigenvalue weighted by Gasteiger charge is -2.08. The minimum atomic E-state index is -0.602. The number of thioether (sulfide) groups is 1. The number of nitrogens with zero attached hydrogens (tertiary/aromatic N) is 1. The van der Waals surface area contributed by atoms with E-state index in [0.29, 0.717) is 6.54 Å². The second-order valence-electron chi connectivity index (χ2n) is 4.57. The number of aliphatic imine (C=N–C) groups is 1. The highest BCUT2D eigenvalue weighted by molar-refractivity contribution is 8.13. The van der Waals surface area contributed by atoms with Crippen LogP contribution in [-0.2, 0) is 0 Å². The van der Waals surface area contributed by atoms with Crippen LogP contribution in [0, 0.1) is 12.0 Å². The van der Waals surface area contributed by atoms with E-state index in [4.69, 9.17) is 0 Å². The molecule has 0 aliphatic heterocycles. The lowest BCUT2D eigenvalue weighted by Crippen LogP contribution is -2.39. The third kappa shape index (κ3) is 12.1. The first-order chi connectivity index (χ1) is 10.6. The number of hydrogen-bond acceptors (Lipinski definition) is 3. The van der Waals surface area contributed by atoms with Gasteiger partial charge in [0.1, 0.15) is 0 Å². The average Bonchev–Trinajstić information content (AvgIpc) is 2.51. The Bertz CT molecular complexity index is 427. The third-order valence-electron chi connectivity index (χ3n) is 2.73. The van der Waals surface area contributed by atoms with Gasteiger partial charge in [-0.15, -0.1) is 0 Å². The summed E-state index contributed by atoms with van der Waals surface area (Å²) in [6.07, 6.45) is 8.75. The highest BCUT2D eigenvalue weighted by Crippen LogP contribution is 2.04. The molecule has 0 unspecified atom stereocenters. The molecular weight excluding hydrogens is 300 g/mol. The van der Waals surface area contributed by atoms with Gasteiger partial charge in [0.05, 0.1) is 0 Å². The molecule has 0 atom stereocenters. The largest absolute Gasteiger partial charge is 0.354 e. The van der Waals surface area contributed by atoms with Crippen molar-refractivity contribution in [2.75, 3.05) is 12.8 Å². The van der Waals surface area contributed by atoms with Crippen molar-refractivity contribution in [1.82, 2.24) is 16.0 Å². The Balaban J connectivity index is 3.93. The second-order valence-corrected chi connectivity index (χ2v) is 5.37. The SMILES string of the molecule is CC#CNC(=O)N=C(NC(=O)NCCCCCCCC)SC. The summed E-state index contributed by atoms with van der Waals surface area (Å²) >= 11 is 1.18. The number of hydrogen-bond donors (Lipinski definition) is 3. The standard InChI is InChI=1S/C15H26N4O2S/c1-4-6-7-8-9-10-12-17-14(21)19-15(22-3)18-13(20)16-11-5-2/h4,6-10,12H2,1-3H3,(H3,16,17,18,19,20,21). The Kier molecular flexibility index (Phi) is 13.2. The minimum Gasteiger partial charge on any atom is -0.338 e. The Hall–Kier alpha value is -1.68. The molecule has 0 heterocycles. The van der Waals surface area contributed by atoms with Crippen molar-refractivity contribution in [2.24, 2.45) is 4.99 Å². The van der Waals surface area contributed by atoms with E-state index in [1.807, 2.05) is 0 Å². The first-order valence-electron chi connectivity index (χ1n) is 7.53. The number of carbonyl (C=O) groups excluding carboxylic acids is 2. The molecule has 3 N–H and O–H groups in total. The monoisotopic (exact) mass is 326 g/mol. The van der Waals surface area contributed by atoms with Gasteiger partial charge in [-0.1, -0.05) is 56.7 Å². The molecule has 0 aromatic rings. The van der Waals surface area contributed by atoms with Crippen molar-refractivity contribution in [1.29, 1.82) is 0 Å². The van der Waals surface area contributed by atoms with Gasteiger partial charge in [-0.25, -0.2) is 9.59 Å². The van der Waals surface area contributed by atoms with E-state index in [-0.39, 0.29) is 11.2 Å². The zero-order chi connectivity index (χ0) is 16.6. The number of urea groups is 2. The maximum Gasteiger partial charge on any atom is 0.354 e. The fraction of sp³-hybridized carbons (Fsp3) is 0.667. The summed E-state index contributed by atoms with van der Waals surface area (Å²) in [7, 11) is 0. The maximum atomic E-state index is 11.7. The van der Waals surface area contributed by atoms with E-state index >= 15 is 0 Å². The topological polar surface area (TPSA) is 82.6 Å². The summed E-state index contributed by atoms with van der Waals surface area (Å²) < 4.78 is 0. The van der Waals surface area contributed by atoms with Crippen LogP contribution in [0.1, 0.15) is 52.4 Å². The fourth-order valence-corrected chi connectivity index (χ4v) is 1.98. The molecule has 0 aliphatic rings. The number of unbranched alkanes of at least 4 members (excludes halogenated alkanes) is 5. The predicted molar refractivity (Wildman–Crippen MR) is 92.8 cm³/mol. The van der Waals surface area contributed by atoms with E-state index in [9.17, 15) is 9.59 Å². The Labute approximate surface area is 137 Å². The van der Waals surface area contributed by atoms with Crippen molar-refractivity contribution in [2.45, 2.75) is 52.4 Å². The molecule has 6 nitrogen and oxygen atoms in total. The molecule has 124 valence electrons. The Morgan fingerprint density at radius 2 is 1.82 bits per heavy atom. The summed E-state index contributed by atoms with van der Waals surface area (Å²) in [5.41, 5.74) is 0. The van der Waals surface area contributed by atoms with Crippen molar-refractivity contribution in [3.05, 3.63) is 0 Å². The van der Waals surface area contributed by atoms with Crippen LogP contribution < -0.4 is 16.0 Å². The molecule has 0 spiro atoms.